The maximum Gasteiger partial charge on any atom is 0.264 e. The molecule has 0 fully saturated rings. The SMILES string of the molecule is CCCCc1nnc(NC(=O)COc2ccc(Cl)c3cccnc23)s1. The van der Waals surface area contributed by atoms with Gasteiger partial charge >= 0.3 is 0 Å². The lowest BCUT2D eigenvalue weighted by Gasteiger charge is -2.09. The highest BCUT2D eigenvalue weighted by Crippen LogP contribution is 2.29. The lowest BCUT2D eigenvalue weighted by molar-refractivity contribution is -0.118. The highest BCUT2D eigenvalue weighted by Gasteiger charge is 2.11. The molecule has 1 aromatic carbocycles. The number of anilines is 1. The number of aryl methyl sites for hydroxylation is 1. The Morgan fingerprint density at radius 1 is 1.32 bits per heavy atom. The van der Waals surface area contributed by atoms with Crippen LogP contribution in [0.25, 0.3) is 10.9 Å². The van der Waals surface area contributed by atoms with Crippen molar-refractivity contribution in [2.75, 3.05) is 11.9 Å². The van der Waals surface area contributed by atoms with Gasteiger partial charge in [-0.2, -0.15) is 0 Å². The van der Waals surface area contributed by atoms with Crippen LogP contribution in [0, 0.1) is 0 Å². The third kappa shape index (κ3) is 4.43. The average Bonchev–Trinajstić information content (AvgIpc) is 3.07. The Labute approximate surface area is 154 Å². The summed E-state index contributed by atoms with van der Waals surface area (Å²) in [5, 5.41) is 13.5. The zero-order valence-electron chi connectivity index (χ0n) is 13.7. The van der Waals surface area contributed by atoms with E-state index in [2.05, 4.69) is 27.4 Å². The van der Waals surface area contributed by atoms with Crippen molar-refractivity contribution in [2.45, 2.75) is 26.2 Å². The molecule has 25 heavy (non-hydrogen) atoms. The van der Waals surface area contributed by atoms with Crippen LogP contribution in [-0.2, 0) is 11.2 Å². The molecule has 0 bridgehead atoms. The van der Waals surface area contributed by atoms with E-state index < -0.39 is 0 Å². The van der Waals surface area contributed by atoms with Crippen LogP contribution in [0.1, 0.15) is 24.8 Å². The molecule has 6 nitrogen and oxygen atoms in total. The summed E-state index contributed by atoms with van der Waals surface area (Å²) in [6.45, 7) is 1.98. The fourth-order valence-corrected chi connectivity index (χ4v) is 3.27. The topological polar surface area (TPSA) is 77.0 Å². The minimum Gasteiger partial charge on any atom is -0.481 e. The highest BCUT2D eigenvalue weighted by molar-refractivity contribution is 7.15. The Morgan fingerprint density at radius 2 is 2.20 bits per heavy atom. The number of nitrogens with one attached hydrogen (secondary N) is 1. The van der Waals surface area contributed by atoms with E-state index in [0.29, 0.717) is 21.4 Å². The normalized spacial score (nSPS) is 10.8. The summed E-state index contributed by atoms with van der Waals surface area (Å²) in [6.07, 6.45) is 4.69. The van der Waals surface area contributed by atoms with Crippen molar-refractivity contribution in [1.82, 2.24) is 15.2 Å². The Hall–Kier alpha value is -2.25. The summed E-state index contributed by atoms with van der Waals surface area (Å²) in [7, 11) is 0. The number of halogens is 1. The molecule has 3 aromatic rings. The van der Waals surface area contributed by atoms with E-state index >= 15 is 0 Å². The third-order valence-corrected chi connectivity index (χ3v) is 4.72. The number of unbranched alkanes of at least 4 members (excludes halogenated alkanes) is 1. The van der Waals surface area contributed by atoms with E-state index in [1.807, 2.05) is 6.07 Å². The minimum atomic E-state index is -0.294. The summed E-state index contributed by atoms with van der Waals surface area (Å²) in [5.41, 5.74) is 0.626. The summed E-state index contributed by atoms with van der Waals surface area (Å²) in [6, 6.07) is 7.09. The summed E-state index contributed by atoms with van der Waals surface area (Å²) >= 11 is 7.54. The van der Waals surface area contributed by atoms with Crippen molar-refractivity contribution in [1.29, 1.82) is 0 Å². The van der Waals surface area contributed by atoms with Crippen molar-refractivity contribution >= 4 is 44.9 Å². The van der Waals surface area contributed by atoms with Crippen LogP contribution in [-0.4, -0.2) is 27.7 Å². The molecule has 0 aliphatic carbocycles. The van der Waals surface area contributed by atoms with Crippen LogP contribution in [0.2, 0.25) is 5.02 Å². The molecular weight excluding hydrogens is 360 g/mol. The number of carbonyl (C=O) groups excluding carboxylic acids is 1. The fraction of sp³-hybridized carbons (Fsp3) is 0.294. The zero-order chi connectivity index (χ0) is 17.6. The Balaban J connectivity index is 1.61. The molecule has 0 saturated carbocycles. The van der Waals surface area contributed by atoms with E-state index in [9.17, 15) is 4.79 Å². The van der Waals surface area contributed by atoms with Gasteiger partial charge in [-0.25, -0.2) is 0 Å². The molecule has 1 N–H and O–H groups in total. The molecule has 3 rings (SSSR count). The number of fused-ring (bicyclic) bond motifs is 1. The second-order valence-electron chi connectivity index (χ2n) is 5.39. The van der Waals surface area contributed by atoms with Gasteiger partial charge in [0.2, 0.25) is 5.13 Å². The van der Waals surface area contributed by atoms with Crippen LogP contribution >= 0.6 is 22.9 Å². The van der Waals surface area contributed by atoms with Gasteiger partial charge < -0.3 is 4.74 Å². The molecule has 8 heteroatoms. The molecule has 0 spiro atoms. The van der Waals surface area contributed by atoms with E-state index in [1.54, 1.807) is 24.4 Å². The monoisotopic (exact) mass is 376 g/mol. The Kier molecular flexibility index (Phi) is 5.78. The van der Waals surface area contributed by atoms with E-state index in [4.69, 9.17) is 16.3 Å². The van der Waals surface area contributed by atoms with Gasteiger partial charge in [-0.3, -0.25) is 15.1 Å². The maximum atomic E-state index is 12.1. The largest absolute Gasteiger partial charge is 0.481 e. The zero-order valence-corrected chi connectivity index (χ0v) is 15.2. The quantitative estimate of drug-likeness (QED) is 0.671. The maximum absolute atomic E-state index is 12.1. The van der Waals surface area contributed by atoms with Gasteiger partial charge in [0.1, 0.15) is 16.3 Å². The van der Waals surface area contributed by atoms with Crippen LogP contribution < -0.4 is 10.1 Å². The molecule has 130 valence electrons. The molecule has 0 atom stereocenters. The van der Waals surface area contributed by atoms with Gasteiger partial charge in [-0.05, 0) is 30.7 Å². The van der Waals surface area contributed by atoms with Crippen LogP contribution in [0.15, 0.2) is 30.5 Å². The van der Waals surface area contributed by atoms with Crippen molar-refractivity contribution in [3.05, 3.63) is 40.5 Å². The fourth-order valence-electron chi connectivity index (χ4n) is 2.26. The second kappa shape index (κ2) is 8.22. The summed E-state index contributed by atoms with van der Waals surface area (Å²) in [5.74, 6) is 0.216. The average molecular weight is 377 g/mol. The predicted octanol–water partition coefficient (Wildman–Crippen LogP) is 4.10. The first-order valence-electron chi connectivity index (χ1n) is 7.95. The molecule has 2 heterocycles. The lowest BCUT2D eigenvalue weighted by Crippen LogP contribution is -2.20. The number of amides is 1. The van der Waals surface area contributed by atoms with Gasteiger partial charge in [0.25, 0.3) is 5.91 Å². The van der Waals surface area contributed by atoms with Gasteiger partial charge in [-0.15, -0.1) is 10.2 Å². The van der Waals surface area contributed by atoms with Crippen molar-refractivity contribution in [2.24, 2.45) is 0 Å². The Bertz CT molecular complexity index is 884. The number of ether oxygens (including phenoxy) is 1. The first-order chi connectivity index (χ1) is 12.2. The van der Waals surface area contributed by atoms with Crippen molar-refractivity contribution in [3.63, 3.8) is 0 Å². The smallest absolute Gasteiger partial charge is 0.264 e. The van der Waals surface area contributed by atoms with E-state index in [1.165, 1.54) is 11.3 Å². The number of nitrogens with zero attached hydrogens (tertiary/aromatic N) is 3. The number of carbonyl (C=O) groups is 1. The summed E-state index contributed by atoms with van der Waals surface area (Å²) < 4.78 is 5.60. The van der Waals surface area contributed by atoms with Gasteiger partial charge in [0, 0.05) is 18.0 Å². The van der Waals surface area contributed by atoms with Gasteiger partial charge in [0.05, 0.1) is 5.02 Å². The molecule has 2 aromatic heterocycles. The number of pyridine rings is 1. The first kappa shape index (κ1) is 17.6. The van der Waals surface area contributed by atoms with Crippen LogP contribution in [0.4, 0.5) is 5.13 Å². The van der Waals surface area contributed by atoms with E-state index in [0.717, 1.165) is 29.7 Å². The number of rotatable bonds is 7. The minimum absolute atomic E-state index is 0.142. The second-order valence-corrected chi connectivity index (χ2v) is 6.86. The highest BCUT2D eigenvalue weighted by atomic mass is 35.5. The summed E-state index contributed by atoms with van der Waals surface area (Å²) in [4.78, 5) is 16.3. The molecule has 1 amide bonds. The van der Waals surface area contributed by atoms with Crippen LogP contribution in [0.5, 0.6) is 5.75 Å². The number of benzene rings is 1. The third-order valence-electron chi connectivity index (χ3n) is 3.50. The molecular formula is C17H17ClN4O2S. The first-order valence-corrected chi connectivity index (χ1v) is 9.15. The predicted molar refractivity (Wildman–Crippen MR) is 99.4 cm³/mol. The number of aromatic nitrogens is 3. The molecule has 0 saturated heterocycles. The van der Waals surface area contributed by atoms with Gasteiger partial charge in [-0.1, -0.05) is 36.3 Å². The lowest BCUT2D eigenvalue weighted by atomic mass is 10.2. The van der Waals surface area contributed by atoms with E-state index in [-0.39, 0.29) is 12.5 Å². The molecule has 0 aliphatic heterocycles. The standard InChI is InChI=1S/C17H17ClN4O2S/c1-2-3-6-15-21-22-17(25-15)20-14(23)10-24-13-8-7-12(18)11-5-4-9-19-16(11)13/h4-5,7-9H,2-3,6,10H2,1H3,(H,20,22,23). The van der Waals surface area contributed by atoms with Crippen molar-refractivity contribution < 1.29 is 9.53 Å². The Morgan fingerprint density at radius 3 is 3.04 bits per heavy atom. The van der Waals surface area contributed by atoms with Crippen molar-refractivity contribution in [3.8, 4) is 5.75 Å². The van der Waals surface area contributed by atoms with Crippen LogP contribution in [0.3, 0.4) is 0 Å². The molecule has 0 aliphatic rings. The number of hydrogen-bond acceptors (Lipinski definition) is 6. The van der Waals surface area contributed by atoms with Gasteiger partial charge in [0.15, 0.2) is 6.61 Å². The molecule has 0 radical (unpaired) electrons. The molecule has 0 unspecified atom stereocenters. The number of hydrogen-bond donors (Lipinski definition) is 1.